The number of piperazine rings is 1. The average molecular weight is 401 g/mol. The summed E-state index contributed by atoms with van der Waals surface area (Å²) in [7, 11) is -3.78. The predicted molar refractivity (Wildman–Crippen MR) is 93.2 cm³/mol. The minimum Gasteiger partial charge on any atom is -0.335 e. The van der Waals surface area contributed by atoms with Gasteiger partial charge in [0.05, 0.1) is 11.2 Å². The lowest BCUT2D eigenvalue weighted by atomic mass is 10.3. The minimum absolute atomic E-state index is 0.0321. The molecule has 0 atom stereocenters. The SMILES string of the molecule is O=C(c1cnccn1)N1CCN(S(=O)(=O)c2cc(Cl)ccc2Cl)CC1. The van der Waals surface area contributed by atoms with E-state index in [-0.39, 0.29) is 47.7 Å². The number of hydrogen-bond donors (Lipinski definition) is 0. The van der Waals surface area contributed by atoms with Crippen LogP contribution in [0.3, 0.4) is 0 Å². The average Bonchev–Trinajstić information content (AvgIpc) is 2.64. The van der Waals surface area contributed by atoms with Crippen molar-refractivity contribution in [3.05, 3.63) is 52.5 Å². The molecule has 25 heavy (non-hydrogen) atoms. The maximum Gasteiger partial charge on any atom is 0.274 e. The van der Waals surface area contributed by atoms with Crippen molar-refractivity contribution in [1.29, 1.82) is 0 Å². The molecule has 1 aromatic carbocycles. The molecular formula is C15H14Cl2N4O3S. The van der Waals surface area contributed by atoms with Crippen LogP contribution in [0, 0.1) is 0 Å². The molecular weight excluding hydrogens is 387 g/mol. The van der Waals surface area contributed by atoms with Crippen molar-refractivity contribution >= 4 is 39.1 Å². The summed E-state index contributed by atoms with van der Waals surface area (Å²) in [6.45, 7) is 0.841. The summed E-state index contributed by atoms with van der Waals surface area (Å²) >= 11 is 11.9. The second-order valence-corrected chi connectivity index (χ2v) is 8.11. The highest BCUT2D eigenvalue weighted by Crippen LogP contribution is 2.28. The van der Waals surface area contributed by atoms with Crippen LogP contribution in [0.2, 0.25) is 10.0 Å². The molecule has 10 heteroatoms. The number of hydrogen-bond acceptors (Lipinski definition) is 5. The van der Waals surface area contributed by atoms with Crippen LogP contribution in [-0.4, -0.2) is 59.7 Å². The lowest BCUT2D eigenvalue weighted by Gasteiger charge is -2.33. The predicted octanol–water partition coefficient (Wildman–Crippen LogP) is 1.93. The standard InChI is InChI=1S/C15H14Cl2N4O3S/c16-11-1-2-12(17)14(9-11)25(23,24)21-7-5-20(6-8-21)15(22)13-10-18-3-4-19-13/h1-4,9-10H,5-8H2. The van der Waals surface area contributed by atoms with Crippen molar-refractivity contribution in [3.63, 3.8) is 0 Å². The Morgan fingerprint density at radius 2 is 1.80 bits per heavy atom. The third-order valence-corrected chi connectivity index (χ3v) is 6.43. The number of aromatic nitrogens is 2. The van der Waals surface area contributed by atoms with Crippen molar-refractivity contribution < 1.29 is 13.2 Å². The molecule has 1 aromatic heterocycles. The van der Waals surface area contributed by atoms with Crippen LogP contribution in [0.5, 0.6) is 0 Å². The summed E-state index contributed by atoms with van der Waals surface area (Å²) in [6, 6.07) is 4.31. The van der Waals surface area contributed by atoms with Gasteiger partial charge in [0.15, 0.2) is 0 Å². The zero-order valence-electron chi connectivity index (χ0n) is 13.0. The molecule has 1 saturated heterocycles. The summed E-state index contributed by atoms with van der Waals surface area (Å²) in [5.41, 5.74) is 0.233. The molecule has 0 spiro atoms. The molecule has 0 aliphatic carbocycles. The second kappa shape index (κ2) is 7.25. The van der Waals surface area contributed by atoms with Gasteiger partial charge in [0.1, 0.15) is 10.6 Å². The highest BCUT2D eigenvalue weighted by molar-refractivity contribution is 7.89. The maximum atomic E-state index is 12.8. The first-order valence-electron chi connectivity index (χ1n) is 7.40. The van der Waals surface area contributed by atoms with Gasteiger partial charge >= 0.3 is 0 Å². The molecule has 1 amide bonds. The van der Waals surface area contributed by atoms with Crippen LogP contribution in [0.25, 0.3) is 0 Å². The number of amides is 1. The number of carbonyl (C=O) groups is 1. The first-order valence-corrected chi connectivity index (χ1v) is 9.59. The van der Waals surface area contributed by atoms with Gasteiger partial charge in [-0.15, -0.1) is 0 Å². The lowest BCUT2D eigenvalue weighted by molar-refractivity contribution is 0.0691. The zero-order chi connectivity index (χ0) is 18.0. The molecule has 2 heterocycles. The van der Waals surface area contributed by atoms with Crippen LogP contribution in [0.1, 0.15) is 10.5 Å². The summed E-state index contributed by atoms with van der Waals surface area (Å²) in [5, 5.41) is 0.405. The summed E-state index contributed by atoms with van der Waals surface area (Å²) < 4.78 is 26.8. The molecule has 0 saturated carbocycles. The fourth-order valence-electron chi connectivity index (χ4n) is 2.52. The van der Waals surface area contributed by atoms with Crippen molar-refractivity contribution in [2.75, 3.05) is 26.2 Å². The number of benzene rings is 1. The number of rotatable bonds is 3. The Morgan fingerprint density at radius 3 is 2.44 bits per heavy atom. The van der Waals surface area contributed by atoms with Gasteiger partial charge in [-0.25, -0.2) is 13.4 Å². The van der Waals surface area contributed by atoms with E-state index in [4.69, 9.17) is 23.2 Å². The molecule has 2 aromatic rings. The van der Waals surface area contributed by atoms with Crippen molar-refractivity contribution in [1.82, 2.24) is 19.2 Å². The topological polar surface area (TPSA) is 83.5 Å². The van der Waals surface area contributed by atoms with Crippen molar-refractivity contribution in [3.8, 4) is 0 Å². The minimum atomic E-state index is -3.78. The second-order valence-electron chi connectivity index (χ2n) is 5.36. The molecule has 1 fully saturated rings. The Bertz CT molecular complexity index is 885. The molecule has 0 bridgehead atoms. The molecule has 132 valence electrons. The summed E-state index contributed by atoms with van der Waals surface area (Å²) in [4.78, 5) is 21.7. The molecule has 0 radical (unpaired) electrons. The van der Waals surface area contributed by atoms with Crippen LogP contribution >= 0.6 is 23.2 Å². The van der Waals surface area contributed by atoms with E-state index in [1.54, 1.807) is 4.90 Å². The van der Waals surface area contributed by atoms with E-state index in [1.165, 1.54) is 41.1 Å². The molecule has 0 unspecified atom stereocenters. The summed E-state index contributed by atoms with van der Waals surface area (Å²) in [6.07, 6.45) is 4.31. The van der Waals surface area contributed by atoms with E-state index in [0.717, 1.165) is 0 Å². The normalized spacial score (nSPS) is 16.0. The number of sulfonamides is 1. The Kier molecular flexibility index (Phi) is 5.24. The van der Waals surface area contributed by atoms with E-state index in [1.807, 2.05) is 0 Å². The van der Waals surface area contributed by atoms with Gasteiger partial charge in [-0.2, -0.15) is 4.31 Å². The maximum absolute atomic E-state index is 12.8. The molecule has 1 aliphatic rings. The van der Waals surface area contributed by atoms with E-state index in [9.17, 15) is 13.2 Å². The fourth-order valence-corrected chi connectivity index (χ4v) is 4.68. The number of halogens is 2. The monoisotopic (exact) mass is 400 g/mol. The van der Waals surface area contributed by atoms with Gasteiger partial charge in [-0.05, 0) is 18.2 Å². The quantitative estimate of drug-likeness (QED) is 0.785. The van der Waals surface area contributed by atoms with Crippen LogP contribution in [-0.2, 0) is 10.0 Å². The molecule has 0 N–H and O–H groups in total. The van der Waals surface area contributed by atoms with E-state index in [0.29, 0.717) is 5.02 Å². The van der Waals surface area contributed by atoms with E-state index < -0.39 is 10.0 Å². The molecule has 3 rings (SSSR count). The molecule has 1 aliphatic heterocycles. The first kappa shape index (κ1) is 18.1. The van der Waals surface area contributed by atoms with Crippen molar-refractivity contribution in [2.24, 2.45) is 0 Å². The third kappa shape index (κ3) is 3.77. The first-order chi connectivity index (χ1) is 11.9. The van der Waals surface area contributed by atoms with Gasteiger partial charge in [0.2, 0.25) is 10.0 Å². The Balaban J connectivity index is 1.73. The van der Waals surface area contributed by atoms with Gasteiger partial charge in [-0.3, -0.25) is 9.78 Å². The van der Waals surface area contributed by atoms with Crippen LogP contribution in [0.4, 0.5) is 0 Å². The van der Waals surface area contributed by atoms with Gasteiger partial charge < -0.3 is 4.90 Å². The smallest absolute Gasteiger partial charge is 0.274 e. The highest BCUT2D eigenvalue weighted by Gasteiger charge is 2.32. The zero-order valence-corrected chi connectivity index (χ0v) is 15.3. The summed E-state index contributed by atoms with van der Waals surface area (Å²) in [5.74, 6) is -0.272. The van der Waals surface area contributed by atoms with Crippen LogP contribution < -0.4 is 0 Å². The Hall–Kier alpha value is -1.74. The number of carbonyl (C=O) groups excluding carboxylic acids is 1. The van der Waals surface area contributed by atoms with Crippen LogP contribution in [0.15, 0.2) is 41.7 Å². The largest absolute Gasteiger partial charge is 0.335 e. The molecule has 7 nitrogen and oxygen atoms in total. The van der Waals surface area contributed by atoms with Crippen molar-refractivity contribution in [2.45, 2.75) is 4.90 Å². The Labute approximate surface area is 155 Å². The fraction of sp³-hybridized carbons (Fsp3) is 0.267. The highest BCUT2D eigenvalue weighted by atomic mass is 35.5. The Morgan fingerprint density at radius 1 is 1.08 bits per heavy atom. The van der Waals surface area contributed by atoms with Gasteiger partial charge in [0, 0.05) is 43.6 Å². The van der Waals surface area contributed by atoms with E-state index in [2.05, 4.69) is 9.97 Å². The van der Waals surface area contributed by atoms with Gasteiger partial charge in [0.25, 0.3) is 5.91 Å². The number of nitrogens with zero attached hydrogens (tertiary/aromatic N) is 4. The lowest BCUT2D eigenvalue weighted by Crippen LogP contribution is -2.50. The van der Waals surface area contributed by atoms with E-state index >= 15 is 0 Å². The third-order valence-electron chi connectivity index (χ3n) is 3.82. The van der Waals surface area contributed by atoms with Gasteiger partial charge in [-0.1, -0.05) is 23.2 Å².